The second-order valence-corrected chi connectivity index (χ2v) is 7.52. The number of benzene rings is 1. The zero-order valence-electron chi connectivity index (χ0n) is 11.7. The summed E-state index contributed by atoms with van der Waals surface area (Å²) in [4.78, 5) is 5.91. The maximum Gasteiger partial charge on any atom is 0.0727 e. The lowest BCUT2D eigenvalue weighted by Crippen LogP contribution is -2.05. The summed E-state index contributed by atoms with van der Waals surface area (Å²) in [7, 11) is 0. The molecule has 0 aliphatic heterocycles. The second kappa shape index (κ2) is 6.03. The molecular weight excluding hydrogens is 346 g/mol. The normalized spacial score (nSPS) is 11.0. The van der Waals surface area contributed by atoms with Crippen LogP contribution in [-0.4, -0.2) is 11.5 Å². The summed E-state index contributed by atoms with van der Waals surface area (Å²) in [5.74, 6) is 0. The maximum absolute atomic E-state index is 5.89. The van der Waals surface area contributed by atoms with Gasteiger partial charge in [0.15, 0.2) is 0 Å². The Hall–Kier alpha value is -1.59. The van der Waals surface area contributed by atoms with Crippen LogP contribution in [0.3, 0.4) is 0 Å². The van der Waals surface area contributed by atoms with Gasteiger partial charge < -0.3 is 11.1 Å². The number of nitrogens with one attached hydrogen (secondary N) is 1. The minimum atomic E-state index is 0.762. The van der Waals surface area contributed by atoms with Crippen LogP contribution in [0.25, 0.3) is 10.9 Å². The zero-order chi connectivity index (χ0) is 14.8. The van der Waals surface area contributed by atoms with Crippen molar-refractivity contribution in [1.29, 1.82) is 0 Å². The van der Waals surface area contributed by atoms with E-state index < -0.39 is 0 Å². The van der Waals surface area contributed by atoms with Gasteiger partial charge in [0.1, 0.15) is 0 Å². The maximum atomic E-state index is 5.89. The molecule has 2 aromatic heterocycles. The number of anilines is 2. The predicted molar refractivity (Wildman–Crippen MR) is 95.1 cm³/mol. The van der Waals surface area contributed by atoms with E-state index in [0.717, 1.165) is 40.9 Å². The molecule has 3 rings (SSSR count). The first kappa shape index (κ1) is 14.4. The van der Waals surface area contributed by atoms with Crippen molar-refractivity contribution >= 4 is 49.5 Å². The molecule has 21 heavy (non-hydrogen) atoms. The Morgan fingerprint density at radius 2 is 2.10 bits per heavy atom. The molecule has 0 saturated heterocycles. The predicted octanol–water partition coefficient (Wildman–Crippen LogP) is 4.60. The number of aromatic nitrogens is 1. The zero-order valence-corrected chi connectivity index (χ0v) is 14.1. The molecule has 108 valence electrons. The summed E-state index contributed by atoms with van der Waals surface area (Å²) >= 11 is 5.27. The highest BCUT2D eigenvalue weighted by atomic mass is 79.9. The Kier molecular flexibility index (Phi) is 4.12. The number of aryl methyl sites for hydroxylation is 1. The van der Waals surface area contributed by atoms with Gasteiger partial charge in [-0.3, -0.25) is 4.98 Å². The topological polar surface area (TPSA) is 50.9 Å². The number of rotatable bonds is 4. The van der Waals surface area contributed by atoms with Crippen LogP contribution in [0, 0.1) is 6.92 Å². The number of nitrogens with two attached hydrogens (primary N) is 1. The number of hydrogen-bond acceptors (Lipinski definition) is 4. The molecule has 0 amide bonds. The molecule has 0 radical (unpaired) electrons. The quantitative estimate of drug-likeness (QED) is 0.667. The molecular formula is C16H16BrN3S. The van der Waals surface area contributed by atoms with Crippen molar-refractivity contribution in [3.63, 3.8) is 0 Å². The molecule has 0 aliphatic rings. The van der Waals surface area contributed by atoms with Crippen molar-refractivity contribution in [3.8, 4) is 0 Å². The number of thiophene rings is 1. The number of pyridine rings is 1. The Morgan fingerprint density at radius 3 is 2.86 bits per heavy atom. The van der Waals surface area contributed by atoms with Gasteiger partial charge in [0.05, 0.1) is 9.30 Å². The van der Waals surface area contributed by atoms with Crippen LogP contribution >= 0.6 is 27.3 Å². The van der Waals surface area contributed by atoms with Crippen molar-refractivity contribution in [2.24, 2.45) is 0 Å². The Bertz CT molecular complexity index is 782. The average Bonchev–Trinajstić information content (AvgIpc) is 2.85. The first-order valence-electron chi connectivity index (χ1n) is 6.77. The lowest BCUT2D eigenvalue weighted by molar-refractivity contribution is 1.04. The minimum absolute atomic E-state index is 0.762. The fraction of sp³-hybridized carbons (Fsp3) is 0.188. The fourth-order valence-corrected chi connectivity index (χ4v) is 3.81. The molecule has 0 fully saturated rings. The first-order chi connectivity index (χ1) is 10.1. The Morgan fingerprint density at radius 1 is 1.24 bits per heavy atom. The van der Waals surface area contributed by atoms with Gasteiger partial charge in [-0.1, -0.05) is 0 Å². The van der Waals surface area contributed by atoms with Gasteiger partial charge in [0, 0.05) is 33.9 Å². The summed E-state index contributed by atoms with van der Waals surface area (Å²) in [5, 5.41) is 4.59. The lowest BCUT2D eigenvalue weighted by Gasteiger charge is -2.11. The molecule has 5 heteroatoms. The largest absolute Gasteiger partial charge is 0.399 e. The van der Waals surface area contributed by atoms with Gasteiger partial charge in [-0.2, -0.15) is 0 Å². The van der Waals surface area contributed by atoms with Crippen LogP contribution in [-0.2, 0) is 6.42 Å². The van der Waals surface area contributed by atoms with Gasteiger partial charge in [-0.05, 0) is 65.7 Å². The monoisotopic (exact) mass is 361 g/mol. The third-order valence-corrected chi connectivity index (χ3v) is 4.96. The van der Waals surface area contributed by atoms with E-state index in [1.54, 1.807) is 11.3 Å². The highest BCUT2D eigenvalue weighted by Crippen LogP contribution is 2.26. The summed E-state index contributed by atoms with van der Waals surface area (Å²) < 4.78 is 1.18. The van der Waals surface area contributed by atoms with Gasteiger partial charge in [-0.15, -0.1) is 11.3 Å². The van der Waals surface area contributed by atoms with E-state index in [-0.39, 0.29) is 0 Å². The molecule has 3 nitrogen and oxygen atoms in total. The molecule has 0 unspecified atom stereocenters. The van der Waals surface area contributed by atoms with Crippen LogP contribution in [0.4, 0.5) is 11.4 Å². The van der Waals surface area contributed by atoms with Crippen molar-refractivity contribution < 1.29 is 0 Å². The summed E-state index contributed by atoms with van der Waals surface area (Å²) in [6, 6.07) is 12.2. The number of fused-ring (bicyclic) bond motifs is 1. The Labute approximate surface area is 136 Å². The third kappa shape index (κ3) is 3.36. The standard InChI is InChI=1S/C16H16BrN3S/c1-10-8-15(13-9-11(18)2-4-14(13)20-10)19-7-6-12-3-5-16(17)21-12/h2-5,8-9H,6-7,18H2,1H3,(H,19,20). The van der Waals surface area contributed by atoms with Gasteiger partial charge >= 0.3 is 0 Å². The van der Waals surface area contributed by atoms with Gasteiger partial charge in [-0.25, -0.2) is 0 Å². The second-order valence-electron chi connectivity index (χ2n) is 4.97. The van der Waals surface area contributed by atoms with E-state index >= 15 is 0 Å². The molecule has 0 spiro atoms. The average molecular weight is 362 g/mol. The van der Waals surface area contributed by atoms with Crippen molar-refractivity contribution in [1.82, 2.24) is 4.98 Å². The van der Waals surface area contributed by atoms with Crippen LogP contribution in [0.5, 0.6) is 0 Å². The Balaban J connectivity index is 1.81. The summed E-state index contributed by atoms with van der Waals surface area (Å²) in [6.07, 6.45) is 1.00. The smallest absolute Gasteiger partial charge is 0.0727 e. The van der Waals surface area contributed by atoms with E-state index in [1.165, 1.54) is 8.66 Å². The molecule has 1 aromatic carbocycles. The number of halogens is 1. The molecule has 0 atom stereocenters. The van der Waals surface area contributed by atoms with E-state index in [1.807, 2.05) is 25.1 Å². The van der Waals surface area contributed by atoms with Crippen LogP contribution in [0.2, 0.25) is 0 Å². The van der Waals surface area contributed by atoms with E-state index in [2.05, 4.69) is 44.4 Å². The number of nitrogens with zero attached hydrogens (tertiary/aromatic N) is 1. The summed E-state index contributed by atoms with van der Waals surface area (Å²) in [5.41, 5.74) is 9.74. The minimum Gasteiger partial charge on any atom is -0.399 e. The van der Waals surface area contributed by atoms with E-state index in [9.17, 15) is 0 Å². The van der Waals surface area contributed by atoms with Gasteiger partial charge in [0.25, 0.3) is 0 Å². The SMILES string of the molecule is Cc1cc(NCCc2ccc(Br)s2)c2cc(N)ccc2n1. The van der Waals surface area contributed by atoms with Crippen LogP contribution in [0.1, 0.15) is 10.6 Å². The van der Waals surface area contributed by atoms with Crippen LogP contribution < -0.4 is 11.1 Å². The van der Waals surface area contributed by atoms with Crippen molar-refractivity contribution in [3.05, 3.63) is 50.8 Å². The van der Waals surface area contributed by atoms with E-state index in [4.69, 9.17) is 5.73 Å². The molecule has 0 saturated carbocycles. The van der Waals surface area contributed by atoms with Gasteiger partial charge in [0.2, 0.25) is 0 Å². The molecule has 3 aromatic rings. The molecule has 2 heterocycles. The summed E-state index contributed by atoms with van der Waals surface area (Å²) in [6.45, 7) is 2.90. The third-order valence-electron chi connectivity index (χ3n) is 3.28. The van der Waals surface area contributed by atoms with Crippen molar-refractivity contribution in [2.45, 2.75) is 13.3 Å². The molecule has 0 bridgehead atoms. The number of nitrogen functional groups attached to an aromatic ring is 1. The highest BCUT2D eigenvalue weighted by Gasteiger charge is 2.05. The first-order valence-corrected chi connectivity index (χ1v) is 8.38. The van der Waals surface area contributed by atoms with Crippen molar-refractivity contribution in [2.75, 3.05) is 17.6 Å². The highest BCUT2D eigenvalue weighted by molar-refractivity contribution is 9.11. The van der Waals surface area contributed by atoms with Crippen LogP contribution in [0.15, 0.2) is 40.2 Å². The van der Waals surface area contributed by atoms with E-state index in [0.29, 0.717) is 0 Å². The number of hydrogen-bond donors (Lipinski definition) is 2. The molecule has 3 N–H and O–H groups in total. The molecule has 0 aliphatic carbocycles. The lowest BCUT2D eigenvalue weighted by atomic mass is 10.1. The fourth-order valence-electron chi connectivity index (χ4n) is 2.33.